The van der Waals surface area contributed by atoms with Crippen LogP contribution in [-0.4, -0.2) is 39.8 Å². The lowest BCUT2D eigenvalue weighted by atomic mass is 10.1. The standard InChI is InChI=1S/C26H31N5O5/c1-16-4-6-18(7-5-16)14-30-24(28-20-10-12-21(13-11-20)36-15-19-8-9-19)29-25(33)31(26(30)34)17(2)22(27)23(32)35-3/h4-7,10-13,17,19,22H,8-9,14-15,27H2,1-3H3,(H,28,29,33)/t17-,22+/m0/s1. The van der Waals surface area contributed by atoms with E-state index in [0.29, 0.717) is 18.2 Å². The van der Waals surface area contributed by atoms with E-state index in [2.05, 4.69) is 9.98 Å². The zero-order chi connectivity index (χ0) is 25.8. The van der Waals surface area contributed by atoms with Crippen LogP contribution in [0, 0.1) is 12.8 Å². The van der Waals surface area contributed by atoms with Crippen LogP contribution in [0.5, 0.6) is 5.75 Å². The topological polar surface area (TPSA) is 134 Å². The number of carbonyl (C=O) groups is 1. The number of benzene rings is 2. The van der Waals surface area contributed by atoms with Gasteiger partial charge in [-0.3, -0.25) is 14.3 Å². The maximum atomic E-state index is 13.6. The number of nitrogens with two attached hydrogens (primary N) is 1. The SMILES string of the molecule is COC(=O)[C@H](N)[C@H](C)n1c(=O)[nH]/c(=N\c2ccc(OCC3CC3)cc2)n(Cc2ccc(C)cc2)c1=O. The molecule has 0 aliphatic heterocycles. The first-order valence-electron chi connectivity index (χ1n) is 11.9. The predicted molar refractivity (Wildman–Crippen MR) is 134 cm³/mol. The lowest BCUT2D eigenvalue weighted by Crippen LogP contribution is -2.54. The van der Waals surface area contributed by atoms with E-state index in [0.717, 1.165) is 21.4 Å². The van der Waals surface area contributed by atoms with Crippen LogP contribution >= 0.6 is 0 Å². The predicted octanol–water partition coefficient (Wildman–Crippen LogP) is 1.78. The number of aromatic amines is 1. The van der Waals surface area contributed by atoms with Gasteiger partial charge in [-0.05, 0) is 62.4 Å². The average Bonchev–Trinajstić information content (AvgIpc) is 3.70. The highest BCUT2D eigenvalue weighted by atomic mass is 16.5. The molecule has 0 amide bonds. The summed E-state index contributed by atoms with van der Waals surface area (Å²) in [6.45, 7) is 4.34. The number of ether oxygens (including phenoxy) is 2. The number of aromatic nitrogens is 3. The van der Waals surface area contributed by atoms with Crippen LogP contribution in [-0.2, 0) is 16.1 Å². The summed E-state index contributed by atoms with van der Waals surface area (Å²) in [5, 5.41) is 0. The largest absolute Gasteiger partial charge is 0.493 e. The lowest BCUT2D eigenvalue weighted by Gasteiger charge is -2.20. The molecular formula is C26H31N5O5. The van der Waals surface area contributed by atoms with E-state index in [9.17, 15) is 14.4 Å². The van der Waals surface area contributed by atoms with Crippen LogP contribution in [0.1, 0.15) is 36.9 Å². The van der Waals surface area contributed by atoms with Crippen molar-refractivity contribution in [2.24, 2.45) is 16.6 Å². The zero-order valence-corrected chi connectivity index (χ0v) is 20.6. The third-order valence-electron chi connectivity index (χ3n) is 6.25. The molecule has 1 aromatic heterocycles. The molecule has 2 aromatic carbocycles. The van der Waals surface area contributed by atoms with Crippen LogP contribution in [0.3, 0.4) is 0 Å². The first-order chi connectivity index (χ1) is 17.3. The van der Waals surface area contributed by atoms with E-state index in [4.69, 9.17) is 15.2 Å². The average molecular weight is 494 g/mol. The van der Waals surface area contributed by atoms with Crippen LogP contribution in [0.15, 0.2) is 63.1 Å². The summed E-state index contributed by atoms with van der Waals surface area (Å²) in [4.78, 5) is 45.7. The van der Waals surface area contributed by atoms with Gasteiger partial charge in [0.25, 0.3) is 0 Å². The Bertz CT molecular complexity index is 1400. The molecule has 1 saturated carbocycles. The lowest BCUT2D eigenvalue weighted by molar-refractivity contribution is -0.143. The molecule has 36 heavy (non-hydrogen) atoms. The Morgan fingerprint density at radius 1 is 1.14 bits per heavy atom. The Kier molecular flexibility index (Phi) is 7.54. The minimum Gasteiger partial charge on any atom is -0.493 e. The molecule has 190 valence electrons. The maximum Gasteiger partial charge on any atom is 0.335 e. The van der Waals surface area contributed by atoms with Gasteiger partial charge in [0.15, 0.2) is 0 Å². The summed E-state index contributed by atoms with van der Waals surface area (Å²) in [7, 11) is 1.20. The fourth-order valence-electron chi connectivity index (χ4n) is 3.73. The Morgan fingerprint density at radius 3 is 2.42 bits per heavy atom. The molecule has 1 heterocycles. The van der Waals surface area contributed by atoms with Crippen molar-refractivity contribution in [1.29, 1.82) is 0 Å². The van der Waals surface area contributed by atoms with Gasteiger partial charge < -0.3 is 15.2 Å². The molecule has 0 radical (unpaired) electrons. The van der Waals surface area contributed by atoms with Gasteiger partial charge in [-0.25, -0.2) is 19.1 Å². The highest BCUT2D eigenvalue weighted by Gasteiger charge is 2.27. The molecule has 1 fully saturated rings. The molecule has 10 nitrogen and oxygen atoms in total. The van der Waals surface area contributed by atoms with Crippen LogP contribution < -0.4 is 27.5 Å². The van der Waals surface area contributed by atoms with E-state index in [1.165, 1.54) is 31.4 Å². The molecular weight excluding hydrogens is 462 g/mol. The number of esters is 1. The summed E-state index contributed by atoms with van der Waals surface area (Å²) in [6, 6.07) is 12.7. The van der Waals surface area contributed by atoms with E-state index in [-0.39, 0.29) is 12.2 Å². The number of carbonyl (C=O) groups excluding carboxylic acids is 1. The summed E-state index contributed by atoms with van der Waals surface area (Å²) in [6.07, 6.45) is 2.41. The summed E-state index contributed by atoms with van der Waals surface area (Å²) < 4.78 is 12.7. The maximum absolute atomic E-state index is 13.6. The molecule has 10 heteroatoms. The minimum absolute atomic E-state index is 0.0762. The molecule has 0 saturated heterocycles. The molecule has 0 unspecified atom stereocenters. The van der Waals surface area contributed by atoms with E-state index in [1.807, 2.05) is 43.3 Å². The van der Waals surface area contributed by atoms with Gasteiger partial charge in [0, 0.05) is 0 Å². The first-order valence-corrected chi connectivity index (χ1v) is 11.9. The highest BCUT2D eigenvalue weighted by Crippen LogP contribution is 2.29. The van der Waals surface area contributed by atoms with Crippen LogP contribution in [0.2, 0.25) is 0 Å². The first kappa shape index (κ1) is 25.2. The molecule has 3 aromatic rings. The van der Waals surface area contributed by atoms with Crippen molar-refractivity contribution >= 4 is 11.7 Å². The van der Waals surface area contributed by atoms with Gasteiger partial charge >= 0.3 is 17.3 Å². The summed E-state index contributed by atoms with van der Waals surface area (Å²) >= 11 is 0. The monoisotopic (exact) mass is 493 g/mol. The molecule has 3 N–H and O–H groups in total. The van der Waals surface area contributed by atoms with Gasteiger partial charge in [-0.1, -0.05) is 29.8 Å². The van der Waals surface area contributed by atoms with E-state index in [1.54, 1.807) is 12.1 Å². The third-order valence-corrected chi connectivity index (χ3v) is 6.25. The number of nitrogens with zero attached hydrogens (tertiary/aromatic N) is 3. The highest BCUT2D eigenvalue weighted by molar-refractivity contribution is 5.75. The Morgan fingerprint density at radius 2 is 1.81 bits per heavy atom. The van der Waals surface area contributed by atoms with E-state index >= 15 is 0 Å². The quantitative estimate of drug-likeness (QED) is 0.437. The minimum atomic E-state index is -1.20. The van der Waals surface area contributed by atoms with Crippen LogP contribution in [0.4, 0.5) is 5.69 Å². The Labute approximate surface area is 208 Å². The number of H-pyrrole nitrogens is 1. The van der Waals surface area contributed by atoms with Crippen molar-refractivity contribution < 1.29 is 14.3 Å². The van der Waals surface area contributed by atoms with Gasteiger partial charge in [0.2, 0.25) is 5.62 Å². The fraction of sp³-hybridized carbons (Fsp3) is 0.385. The number of nitrogens with one attached hydrogen (secondary N) is 1. The van der Waals surface area contributed by atoms with Gasteiger partial charge in [-0.2, -0.15) is 0 Å². The van der Waals surface area contributed by atoms with Gasteiger partial charge in [0.1, 0.15) is 11.8 Å². The van der Waals surface area contributed by atoms with Crippen molar-refractivity contribution in [2.45, 2.75) is 45.3 Å². The van der Waals surface area contributed by atoms with Crippen molar-refractivity contribution in [2.75, 3.05) is 13.7 Å². The summed E-state index contributed by atoms with van der Waals surface area (Å²) in [5.74, 6) is 0.654. The molecule has 0 spiro atoms. The number of aryl methyl sites for hydroxylation is 1. The Hall–Kier alpha value is -3.92. The van der Waals surface area contributed by atoms with Crippen molar-refractivity contribution in [3.05, 3.63) is 86.2 Å². The fourth-order valence-corrected chi connectivity index (χ4v) is 3.73. The van der Waals surface area contributed by atoms with Crippen molar-refractivity contribution in [1.82, 2.24) is 14.1 Å². The number of rotatable bonds is 9. The van der Waals surface area contributed by atoms with Gasteiger partial charge in [0.05, 0.1) is 32.0 Å². The molecule has 1 aliphatic rings. The number of methoxy groups -OCH3 is 1. The Balaban J connectivity index is 1.76. The van der Waals surface area contributed by atoms with Gasteiger partial charge in [-0.15, -0.1) is 0 Å². The second-order valence-corrected chi connectivity index (χ2v) is 9.13. The van der Waals surface area contributed by atoms with Crippen LogP contribution in [0.25, 0.3) is 0 Å². The number of hydrogen-bond acceptors (Lipinski definition) is 7. The summed E-state index contributed by atoms with van der Waals surface area (Å²) in [5.41, 5.74) is 7.11. The molecule has 4 rings (SSSR count). The second-order valence-electron chi connectivity index (χ2n) is 9.13. The zero-order valence-electron chi connectivity index (χ0n) is 20.6. The molecule has 2 atom stereocenters. The second kappa shape index (κ2) is 10.8. The normalized spacial score (nSPS) is 15.4. The van der Waals surface area contributed by atoms with E-state index < -0.39 is 29.4 Å². The third kappa shape index (κ3) is 5.83. The smallest absolute Gasteiger partial charge is 0.335 e. The molecule has 0 bridgehead atoms. The molecule has 1 aliphatic carbocycles. The van der Waals surface area contributed by atoms with Crippen molar-refractivity contribution in [3.63, 3.8) is 0 Å². The van der Waals surface area contributed by atoms with Crippen molar-refractivity contribution in [3.8, 4) is 5.75 Å². The number of hydrogen-bond donors (Lipinski definition) is 2.